The van der Waals surface area contributed by atoms with Crippen molar-refractivity contribution in [2.24, 2.45) is 0 Å². The summed E-state index contributed by atoms with van der Waals surface area (Å²) in [5, 5.41) is 0. The van der Waals surface area contributed by atoms with Crippen molar-refractivity contribution >= 4 is 7.82 Å². The summed E-state index contributed by atoms with van der Waals surface area (Å²) in [5.41, 5.74) is 0. The molecule has 1 unspecified atom stereocenters. The van der Waals surface area contributed by atoms with E-state index in [1.165, 1.54) is 0 Å². The van der Waals surface area contributed by atoms with Gasteiger partial charge in [-0.15, -0.1) is 0 Å². The molecule has 0 radical (unpaired) electrons. The molecule has 4 nitrogen and oxygen atoms in total. The molecular weight excluding hydrogens is 142 g/mol. The maximum absolute atomic E-state index is 9.52. The summed E-state index contributed by atoms with van der Waals surface area (Å²) < 4.78 is 13.1. The molecule has 0 aliphatic heterocycles. The Morgan fingerprint density at radius 1 is 1.88 bits per heavy atom. The summed E-state index contributed by atoms with van der Waals surface area (Å²) in [4.78, 5) is 17.2. The van der Waals surface area contributed by atoms with Gasteiger partial charge in [-0.1, -0.05) is 6.58 Å². The summed E-state index contributed by atoms with van der Waals surface area (Å²) in [7, 11) is -4.53. The van der Waals surface area contributed by atoms with Crippen LogP contribution in [0.2, 0.25) is 0 Å². The Kier molecular flexibility index (Phi) is 6.54. The maximum Gasteiger partial charge on any atom is 1.00 e. The van der Waals surface area contributed by atoms with Gasteiger partial charge in [-0.05, 0) is 0 Å². The van der Waals surface area contributed by atoms with Crippen molar-refractivity contribution < 1.29 is 48.4 Å². The van der Waals surface area contributed by atoms with Gasteiger partial charge in [0, 0.05) is 0 Å². The molecule has 0 saturated heterocycles. The van der Waals surface area contributed by atoms with E-state index in [4.69, 9.17) is 4.89 Å². The summed E-state index contributed by atoms with van der Waals surface area (Å²) in [6, 6.07) is 0. The Morgan fingerprint density at radius 3 is 2.25 bits per heavy atom. The fourth-order valence-electron chi connectivity index (χ4n) is 0.0942. The van der Waals surface area contributed by atoms with E-state index in [2.05, 4.69) is 11.1 Å². The minimum Gasteiger partial charge on any atom is -0.746 e. The van der Waals surface area contributed by atoms with Crippen molar-refractivity contribution in [2.75, 3.05) is 0 Å². The zero-order valence-corrected chi connectivity index (χ0v) is 7.30. The van der Waals surface area contributed by atoms with E-state index in [1.807, 2.05) is 0 Å². The Labute approximate surface area is 69.1 Å². The number of phosphoric ester groups is 1. The van der Waals surface area contributed by atoms with Crippen LogP contribution >= 0.6 is 7.82 Å². The van der Waals surface area contributed by atoms with Crippen molar-refractivity contribution in [2.45, 2.75) is 0 Å². The standard InChI is InChI=1S/C2H5O4P.Na/c1-2-6-7(3,4)5;/h2H,1H2,(H2,3,4,5);/q;+1/p-1. The van der Waals surface area contributed by atoms with Gasteiger partial charge < -0.3 is 14.3 Å². The number of hydrogen-bond acceptors (Lipinski definition) is 3. The molecule has 0 saturated carbocycles. The van der Waals surface area contributed by atoms with Crippen LogP contribution in [0.4, 0.5) is 0 Å². The molecule has 0 heterocycles. The fraction of sp³-hybridized carbons (Fsp3) is 0. The molecule has 0 fully saturated rings. The number of rotatable bonds is 2. The summed E-state index contributed by atoms with van der Waals surface area (Å²) in [6.07, 6.45) is 0.633. The van der Waals surface area contributed by atoms with Gasteiger partial charge >= 0.3 is 37.4 Å². The van der Waals surface area contributed by atoms with E-state index < -0.39 is 7.82 Å². The van der Waals surface area contributed by atoms with Gasteiger partial charge in [0.2, 0.25) is 0 Å². The molecule has 0 rings (SSSR count). The third kappa shape index (κ3) is 9.85. The van der Waals surface area contributed by atoms with Crippen LogP contribution in [0.25, 0.3) is 0 Å². The molecule has 6 heteroatoms. The van der Waals surface area contributed by atoms with Gasteiger partial charge in [-0.2, -0.15) is 0 Å². The topological polar surface area (TPSA) is 69.6 Å². The van der Waals surface area contributed by atoms with Crippen molar-refractivity contribution in [1.82, 2.24) is 0 Å². The summed E-state index contributed by atoms with van der Waals surface area (Å²) in [5.74, 6) is 0. The molecule has 0 bridgehead atoms. The van der Waals surface area contributed by atoms with Gasteiger partial charge in [0.25, 0.3) is 0 Å². The minimum absolute atomic E-state index is 0. The maximum atomic E-state index is 9.52. The van der Waals surface area contributed by atoms with Gasteiger partial charge in [0.1, 0.15) is 0 Å². The number of hydrogen-bond donors (Lipinski definition) is 1. The molecule has 0 amide bonds. The van der Waals surface area contributed by atoms with Crippen molar-refractivity contribution in [3.8, 4) is 0 Å². The normalized spacial score (nSPS) is 15.2. The molecule has 0 aromatic heterocycles. The Hall–Kier alpha value is 0.690. The number of phosphoric acid groups is 1. The predicted octanol–water partition coefficient (Wildman–Crippen LogP) is -3.39. The van der Waals surface area contributed by atoms with Gasteiger partial charge in [-0.25, -0.2) is 0 Å². The van der Waals surface area contributed by atoms with Crippen molar-refractivity contribution in [3.63, 3.8) is 0 Å². The molecule has 8 heavy (non-hydrogen) atoms. The SMILES string of the molecule is C=COP(=O)([O-])O.[Na+]. The largest absolute Gasteiger partial charge is 1.00 e. The first-order valence-corrected chi connectivity index (χ1v) is 2.89. The Morgan fingerprint density at radius 2 is 2.25 bits per heavy atom. The van der Waals surface area contributed by atoms with Crippen LogP contribution in [0.5, 0.6) is 0 Å². The average molecular weight is 146 g/mol. The van der Waals surface area contributed by atoms with Gasteiger partial charge in [0.05, 0.1) is 6.26 Å². The van der Waals surface area contributed by atoms with Crippen molar-refractivity contribution in [3.05, 3.63) is 12.8 Å². The summed E-state index contributed by atoms with van der Waals surface area (Å²) >= 11 is 0. The second kappa shape index (κ2) is 4.56. The monoisotopic (exact) mass is 146 g/mol. The van der Waals surface area contributed by atoms with E-state index in [-0.39, 0.29) is 29.6 Å². The van der Waals surface area contributed by atoms with Crippen LogP contribution < -0.4 is 34.5 Å². The van der Waals surface area contributed by atoms with Crippen LogP contribution in [0.1, 0.15) is 0 Å². The second-order valence-electron chi connectivity index (χ2n) is 0.741. The van der Waals surface area contributed by atoms with Crippen LogP contribution in [0.3, 0.4) is 0 Å². The first-order chi connectivity index (χ1) is 3.06. The summed E-state index contributed by atoms with van der Waals surface area (Å²) in [6.45, 7) is 2.89. The molecule has 0 aliphatic rings. The van der Waals surface area contributed by atoms with Crippen LogP contribution in [0.15, 0.2) is 12.8 Å². The zero-order chi connectivity index (χ0) is 5.91. The van der Waals surface area contributed by atoms with Crippen molar-refractivity contribution in [1.29, 1.82) is 0 Å². The smallest absolute Gasteiger partial charge is 0.746 e. The van der Waals surface area contributed by atoms with E-state index in [0.29, 0.717) is 6.26 Å². The minimum atomic E-state index is -4.53. The fourth-order valence-corrected chi connectivity index (χ4v) is 0.283. The second-order valence-corrected chi connectivity index (χ2v) is 1.89. The molecule has 0 aliphatic carbocycles. The molecule has 1 atom stereocenters. The third-order valence-corrected chi connectivity index (χ3v) is 0.623. The van der Waals surface area contributed by atoms with Crippen LogP contribution in [0, 0.1) is 0 Å². The van der Waals surface area contributed by atoms with E-state index in [1.54, 1.807) is 0 Å². The molecular formula is C2H4NaO4P. The van der Waals surface area contributed by atoms with E-state index >= 15 is 0 Å². The quantitative estimate of drug-likeness (QED) is 0.250. The molecule has 1 N–H and O–H groups in total. The van der Waals surface area contributed by atoms with Crippen LogP contribution in [-0.2, 0) is 9.09 Å². The van der Waals surface area contributed by atoms with Crippen LogP contribution in [-0.4, -0.2) is 4.89 Å². The Balaban J connectivity index is 0. The first kappa shape index (κ1) is 11.5. The van der Waals surface area contributed by atoms with E-state index in [0.717, 1.165) is 0 Å². The zero-order valence-electron chi connectivity index (χ0n) is 4.40. The van der Waals surface area contributed by atoms with Gasteiger partial charge in [0.15, 0.2) is 0 Å². The van der Waals surface area contributed by atoms with E-state index in [9.17, 15) is 9.46 Å². The first-order valence-electron chi connectivity index (χ1n) is 1.39. The molecule has 42 valence electrons. The van der Waals surface area contributed by atoms with Gasteiger partial charge in [-0.3, -0.25) is 4.57 Å². The molecule has 0 spiro atoms. The third-order valence-electron chi connectivity index (χ3n) is 0.208. The molecule has 0 aromatic carbocycles. The average Bonchev–Trinajstić information content (AvgIpc) is 1.30. The Bertz CT molecular complexity index is 107. The predicted molar refractivity (Wildman–Crippen MR) is 21.1 cm³/mol. The molecule has 0 aromatic rings.